The van der Waals surface area contributed by atoms with Gasteiger partial charge in [0, 0.05) is 10.6 Å². The van der Waals surface area contributed by atoms with E-state index in [0.717, 1.165) is 0 Å². The molecule has 19 heavy (non-hydrogen) atoms. The fraction of sp³-hybridized carbons (Fsp3) is 0.308. The fourth-order valence-electron chi connectivity index (χ4n) is 1.42. The van der Waals surface area contributed by atoms with Gasteiger partial charge in [0.2, 0.25) is 0 Å². The maximum atomic E-state index is 12.1. The number of rotatable bonds is 5. The van der Waals surface area contributed by atoms with Gasteiger partial charge in [-0.2, -0.15) is 0 Å². The van der Waals surface area contributed by atoms with Crippen molar-refractivity contribution in [2.24, 2.45) is 5.92 Å². The normalized spacial score (nSPS) is 11.8. The maximum Gasteiger partial charge on any atom is 0.375 e. The predicted molar refractivity (Wildman–Crippen MR) is 71.6 cm³/mol. The molecule has 0 heterocycles. The number of esters is 1. The number of ether oxygens (including phenoxy) is 1. The minimum absolute atomic E-state index is 0.0766. The van der Waals surface area contributed by atoms with Gasteiger partial charge in [0.05, 0.1) is 17.5 Å². The van der Waals surface area contributed by atoms with Crippen LogP contribution in [0.25, 0.3) is 0 Å². The number of Topliss-reactive ketones (excluding diaryl/α,β-unsaturated/α-hetero) is 2. The van der Waals surface area contributed by atoms with Crippen LogP contribution in [0.5, 0.6) is 0 Å². The lowest BCUT2D eigenvalue weighted by molar-refractivity contribution is -0.154. The minimum Gasteiger partial charge on any atom is -0.460 e. The molecule has 4 nitrogen and oxygen atoms in total. The highest BCUT2D eigenvalue weighted by Gasteiger charge is 2.30. The number of carbonyl (C=O) groups excluding carboxylic acids is 3. The second-order valence-corrected chi connectivity index (χ2v) is 4.64. The Morgan fingerprint density at radius 3 is 2.42 bits per heavy atom. The number of hydrogen-bond donors (Lipinski definition) is 0. The lowest BCUT2D eigenvalue weighted by Crippen LogP contribution is -2.29. The minimum atomic E-state index is -1.14. The molecule has 0 aromatic heterocycles. The van der Waals surface area contributed by atoms with Crippen LogP contribution < -0.4 is 0 Å². The molecule has 1 aromatic rings. The molecule has 1 aromatic carbocycles. The maximum absolute atomic E-state index is 12.1. The molecule has 0 fully saturated rings. The van der Waals surface area contributed by atoms with E-state index in [1.165, 1.54) is 25.1 Å². The number of ketones is 2. The first kappa shape index (κ1) is 15.7. The van der Waals surface area contributed by atoms with E-state index < -0.39 is 23.5 Å². The highest BCUT2D eigenvalue weighted by molar-refractivity contribution is 6.41. The van der Waals surface area contributed by atoms with Crippen LogP contribution in [0, 0.1) is 5.92 Å². The van der Waals surface area contributed by atoms with Crippen LogP contribution in [0.15, 0.2) is 18.2 Å². The zero-order chi connectivity index (χ0) is 14.6. The van der Waals surface area contributed by atoms with Crippen LogP contribution in [0.4, 0.5) is 0 Å². The second kappa shape index (κ2) is 6.68. The van der Waals surface area contributed by atoms with Gasteiger partial charge in [0.15, 0.2) is 5.78 Å². The molecule has 1 unspecified atom stereocenters. The Balaban J connectivity index is 2.93. The first-order valence-corrected chi connectivity index (χ1v) is 6.34. The number of benzene rings is 1. The summed E-state index contributed by atoms with van der Waals surface area (Å²) < 4.78 is 4.57. The van der Waals surface area contributed by atoms with Crippen molar-refractivity contribution in [2.45, 2.75) is 13.8 Å². The molecule has 0 amide bonds. The predicted octanol–water partition coefficient (Wildman–Crippen LogP) is 2.94. The van der Waals surface area contributed by atoms with Crippen LogP contribution in [-0.2, 0) is 14.3 Å². The van der Waals surface area contributed by atoms with Crippen molar-refractivity contribution in [3.8, 4) is 0 Å². The van der Waals surface area contributed by atoms with E-state index in [1.54, 1.807) is 6.92 Å². The van der Waals surface area contributed by atoms with E-state index >= 15 is 0 Å². The van der Waals surface area contributed by atoms with Crippen LogP contribution in [0.2, 0.25) is 10.0 Å². The van der Waals surface area contributed by atoms with Gasteiger partial charge >= 0.3 is 5.97 Å². The number of halogens is 2. The summed E-state index contributed by atoms with van der Waals surface area (Å²) in [4.78, 5) is 35.0. The van der Waals surface area contributed by atoms with Crippen molar-refractivity contribution in [2.75, 3.05) is 6.61 Å². The van der Waals surface area contributed by atoms with Gasteiger partial charge in [-0.15, -0.1) is 0 Å². The molecule has 0 aliphatic carbocycles. The van der Waals surface area contributed by atoms with Crippen molar-refractivity contribution < 1.29 is 19.1 Å². The smallest absolute Gasteiger partial charge is 0.375 e. The summed E-state index contributed by atoms with van der Waals surface area (Å²) in [5, 5.41) is 0.520. The summed E-state index contributed by atoms with van der Waals surface area (Å²) in [6.07, 6.45) is 0. The molecule has 1 rings (SSSR count). The molecule has 0 bridgehead atoms. The lowest BCUT2D eigenvalue weighted by atomic mass is 9.95. The molecule has 1 atom stereocenters. The van der Waals surface area contributed by atoms with E-state index in [0.29, 0.717) is 5.02 Å². The highest BCUT2D eigenvalue weighted by Crippen LogP contribution is 2.23. The first-order valence-electron chi connectivity index (χ1n) is 5.58. The third kappa shape index (κ3) is 3.78. The molecule has 0 radical (unpaired) electrons. The van der Waals surface area contributed by atoms with E-state index in [4.69, 9.17) is 23.2 Å². The van der Waals surface area contributed by atoms with Crippen LogP contribution in [-0.4, -0.2) is 24.1 Å². The van der Waals surface area contributed by atoms with Crippen molar-refractivity contribution in [1.82, 2.24) is 0 Å². The Bertz CT molecular complexity index is 525. The van der Waals surface area contributed by atoms with Crippen LogP contribution in [0.3, 0.4) is 0 Å². The van der Waals surface area contributed by atoms with Crippen molar-refractivity contribution in [3.05, 3.63) is 33.8 Å². The molecular weight excluding hydrogens is 291 g/mol. The number of carbonyl (C=O) groups is 3. The molecule has 0 N–H and O–H groups in total. The number of hydrogen-bond acceptors (Lipinski definition) is 4. The van der Waals surface area contributed by atoms with Gasteiger partial charge in [-0.05, 0) is 32.0 Å². The van der Waals surface area contributed by atoms with Crippen molar-refractivity contribution in [3.63, 3.8) is 0 Å². The summed E-state index contributed by atoms with van der Waals surface area (Å²) in [5.74, 6) is -3.59. The zero-order valence-corrected chi connectivity index (χ0v) is 11.9. The molecule has 0 spiro atoms. The Morgan fingerprint density at radius 2 is 1.89 bits per heavy atom. The van der Waals surface area contributed by atoms with Crippen LogP contribution in [0.1, 0.15) is 24.2 Å². The van der Waals surface area contributed by atoms with E-state index in [9.17, 15) is 14.4 Å². The van der Waals surface area contributed by atoms with Crippen molar-refractivity contribution in [1.29, 1.82) is 0 Å². The Hall–Kier alpha value is -1.39. The van der Waals surface area contributed by atoms with E-state index in [-0.39, 0.29) is 17.2 Å². The van der Waals surface area contributed by atoms with Gasteiger partial charge in [0.1, 0.15) is 0 Å². The zero-order valence-electron chi connectivity index (χ0n) is 10.4. The van der Waals surface area contributed by atoms with Crippen LogP contribution >= 0.6 is 23.2 Å². The topological polar surface area (TPSA) is 60.4 Å². The molecular formula is C13H12Cl2O4. The second-order valence-electron chi connectivity index (χ2n) is 3.79. The molecule has 0 saturated carbocycles. The van der Waals surface area contributed by atoms with Gasteiger partial charge < -0.3 is 4.74 Å². The summed E-state index contributed by atoms with van der Waals surface area (Å²) in [5.41, 5.74) is 0.149. The summed E-state index contributed by atoms with van der Waals surface area (Å²) >= 11 is 11.6. The molecule has 102 valence electrons. The van der Waals surface area contributed by atoms with Gasteiger partial charge in [-0.25, -0.2) is 4.79 Å². The van der Waals surface area contributed by atoms with E-state index in [2.05, 4.69) is 4.74 Å². The first-order chi connectivity index (χ1) is 8.88. The van der Waals surface area contributed by atoms with E-state index in [1.807, 2.05) is 0 Å². The van der Waals surface area contributed by atoms with Gasteiger partial charge in [0.25, 0.3) is 5.78 Å². The summed E-state index contributed by atoms with van der Waals surface area (Å²) in [6.45, 7) is 2.99. The van der Waals surface area contributed by atoms with Gasteiger partial charge in [-0.3, -0.25) is 9.59 Å². The monoisotopic (exact) mass is 302 g/mol. The molecule has 6 heteroatoms. The fourth-order valence-corrected chi connectivity index (χ4v) is 1.92. The standard InChI is InChI=1S/C13H12Cl2O4/c1-3-19-13(18)12(17)7(2)11(16)9-5-4-8(14)6-10(9)15/h4-7H,3H2,1-2H3. The van der Waals surface area contributed by atoms with Gasteiger partial charge in [-0.1, -0.05) is 23.2 Å². The quantitative estimate of drug-likeness (QED) is 0.363. The molecule has 0 saturated heterocycles. The summed E-state index contributed by atoms with van der Waals surface area (Å²) in [7, 11) is 0. The average molecular weight is 303 g/mol. The molecule has 0 aliphatic rings. The van der Waals surface area contributed by atoms with Crippen molar-refractivity contribution >= 4 is 40.7 Å². The Labute approximate surface area is 120 Å². The summed E-state index contributed by atoms with van der Waals surface area (Å²) in [6, 6.07) is 4.31. The highest BCUT2D eigenvalue weighted by atomic mass is 35.5. The largest absolute Gasteiger partial charge is 0.460 e. The average Bonchev–Trinajstić information content (AvgIpc) is 2.36. The third-order valence-electron chi connectivity index (χ3n) is 2.46. The SMILES string of the molecule is CCOC(=O)C(=O)C(C)C(=O)c1ccc(Cl)cc1Cl. The third-order valence-corrected chi connectivity index (χ3v) is 3.01. The lowest BCUT2D eigenvalue weighted by Gasteiger charge is -2.10. The Morgan fingerprint density at radius 1 is 1.26 bits per heavy atom. The molecule has 0 aliphatic heterocycles. The Kier molecular flexibility index (Phi) is 5.51.